The number of hydrogen-bond acceptors (Lipinski definition) is 6. The van der Waals surface area contributed by atoms with Gasteiger partial charge in [-0.3, -0.25) is 0 Å². The van der Waals surface area contributed by atoms with Crippen LogP contribution < -0.4 is 19.7 Å². The lowest BCUT2D eigenvalue weighted by Gasteiger charge is -2.24. The van der Waals surface area contributed by atoms with Gasteiger partial charge in [-0.05, 0) is 54.3 Å². The van der Waals surface area contributed by atoms with Gasteiger partial charge in [0.15, 0.2) is 11.0 Å². The fourth-order valence-electron chi connectivity index (χ4n) is 5.07. The predicted octanol–water partition coefficient (Wildman–Crippen LogP) is 7.78. The Hall–Kier alpha value is -4.52. The number of aromatic nitrogens is 3. The van der Waals surface area contributed by atoms with Crippen molar-refractivity contribution in [2.75, 3.05) is 24.3 Å². The number of halogens is 3. The number of carbonyl (C=O) groups is 1. The van der Waals surface area contributed by atoms with Gasteiger partial charge >= 0.3 is 12.4 Å². The first kappa shape index (κ1) is 32.9. The van der Waals surface area contributed by atoms with E-state index in [1.165, 1.54) is 35.3 Å². The van der Waals surface area contributed by atoms with Crippen molar-refractivity contribution >= 4 is 28.6 Å². The van der Waals surface area contributed by atoms with E-state index in [1.54, 1.807) is 18.9 Å². The first-order valence-electron chi connectivity index (χ1n) is 14.8. The molecule has 1 fully saturated rings. The molecule has 1 saturated heterocycles. The van der Waals surface area contributed by atoms with Gasteiger partial charge in [-0.1, -0.05) is 62.9 Å². The van der Waals surface area contributed by atoms with Gasteiger partial charge in [0.1, 0.15) is 17.8 Å². The number of carbonyl (C=O) groups excluding carboxylic acids is 1. The number of amides is 2. The molecule has 5 rings (SSSR count). The predicted molar refractivity (Wildman–Crippen MR) is 174 cm³/mol. The summed E-state index contributed by atoms with van der Waals surface area (Å²) in [6, 6.07) is 18.5. The molecule has 0 spiro atoms. The van der Waals surface area contributed by atoms with Gasteiger partial charge in [0.05, 0.1) is 12.8 Å². The second kappa shape index (κ2) is 13.9. The van der Waals surface area contributed by atoms with Crippen LogP contribution in [0, 0.1) is 0 Å². The summed E-state index contributed by atoms with van der Waals surface area (Å²) in [5, 5.41) is 8.16. The molecule has 1 aromatic heterocycles. The number of urea groups is 1. The number of amidine groups is 1. The minimum atomic E-state index is -4.75. The third-order valence-corrected chi connectivity index (χ3v) is 8.70. The van der Waals surface area contributed by atoms with E-state index in [0.717, 1.165) is 40.4 Å². The van der Waals surface area contributed by atoms with Crippen molar-refractivity contribution in [3.8, 4) is 28.6 Å². The molecular formula is C33H35F3N6O3S. The molecule has 0 radical (unpaired) electrons. The zero-order chi connectivity index (χ0) is 33.0. The molecule has 0 aliphatic carbocycles. The fourth-order valence-corrected chi connectivity index (χ4v) is 6.02. The van der Waals surface area contributed by atoms with Crippen LogP contribution in [0.25, 0.3) is 17.1 Å². The summed E-state index contributed by atoms with van der Waals surface area (Å²) >= 11 is 1.56. The van der Waals surface area contributed by atoms with E-state index < -0.39 is 12.4 Å². The number of rotatable bonds is 9. The van der Waals surface area contributed by atoms with Crippen LogP contribution in [0.1, 0.15) is 50.7 Å². The molecule has 242 valence electrons. The summed E-state index contributed by atoms with van der Waals surface area (Å²) < 4.78 is 48.2. The molecule has 1 aliphatic rings. The number of nitrogens with zero attached hydrogens (tertiary/aromatic N) is 5. The van der Waals surface area contributed by atoms with Crippen LogP contribution in [0.2, 0.25) is 0 Å². The second-order valence-corrected chi connectivity index (χ2v) is 12.2. The first-order valence-corrected chi connectivity index (χ1v) is 15.8. The summed E-state index contributed by atoms with van der Waals surface area (Å²) in [6.45, 7) is 9.01. The number of nitrogens with one attached hydrogen (secondary N) is 1. The molecule has 13 heteroatoms. The minimum Gasteiger partial charge on any atom is -0.497 e. The van der Waals surface area contributed by atoms with Crippen molar-refractivity contribution in [3.05, 3.63) is 84.2 Å². The molecular weight excluding hydrogens is 617 g/mol. The number of hydrogen-bond donors (Lipinski definition) is 1. The summed E-state index contributed by atoms with van der Waals surface area (Å²) in [4.78, 5) is 23.9. The van der Waals surface area contributed by atoms with Gasteiger partial charge in [0.25, 0.3) is 0 Å². The Morgan fingerprint density at radius 1 is 1.00 bits per heavy atom. The maximum absolute atomic E-state index is 13.1. The third-order valence-electron chi connectivity index (χ3n) is 7.75. The number of aliphatic imine (C=N–C) groups is 1. The second-order valence-electron chi connectivity index (χ2n) is 11.2. The smallest absolute Gasteiger partial charge is 0.497 e. The Labute approximate surface area is 269 Å². The third kappa shape index (κ3) is 7.82. The Bertz CT molecular complexity index is 1690. The van der Waals surface area contributed by atoms with Crippen LogP contribution in [0.4, 0.5) is 23.7 Å². The van der Waals surface area contributed by atoms with Gasteiger partial charge < -0.3 is 19.7 Å². The van der Waals surface area contributed by atoms with E-state index in [2.05, 4.69) is 49.9 Å². The number of methoxy groups -OCH3 is 1. The molecule has 1 N–H and O–H groups in total. The lowest BCUT2D eigenvalue weighted by molar-refractivity contribution is -0.274. The van der Waals surface area contributed by atoms with Crippen molar-refractivity contribution in [3.63, 3.8) is 0 Å². The normalized spacial score (nSPS) is 15.7. The summed E-state index contributed by atoms with van der Waals surface area (Å²) in [5.74, 6) is 2.01. The van der Waals surface area contributed by atoms with Crippen molar-refractivity contribution in [1.29, 1.82) is 0 Å². The van der Waals surface area contributed by atoms with E-state index in [4.69, 9.17) is 4.74 Å². The number of alkyl halides is 3. The Balaban J connectivity index is 1.22. The molecule has 2 amide bonds. The standard InChI is InChI=1S/C33H35F3N6O3S/c1-20(2)28-15-14-27(44-5)18-29(28)41-16-17-46-32(41)39-31(43)38-22(4)21(3)23-6-8-24(9-7-23)30-37-19-42(40-30)25-10-12-26(13-11-25)45-33(34,35)36/h6-15,18-22H,16-17H2,1-5H3,(H,38,43). The highest BCUT2D eigenvalue weighted by atomic mass is 32.2. The number of anilines is 1. The Morgan fingerprint density at radius 2 is 1.70 bits per heavy atom. The van der Waals surface area contributed by atoms with Crippen LogP contribution >= 0.6 is 11.8 Å². The van der Waals surface area contributed by atoms with Crippen molar-refractivity contribution in [1.82, 2.24) is 20.1 Å². The van der Waals surface area contributed by atoms with Crippen LogP contribution in [0.15, 0.2) is 78.0 Å². The van der Waals surface area contributed by atoms with Crippen LogP contribution in [-0.4, -0.2) is 57.8 Å². The Morgan fingerprint density at radius 3 is 2.35 bits per heavy atom. The summed E-state index contributed by atoms with van der Waals surface area (Å²) in [7, 11) is 1.64. The first-order chi connectivity index (χ1) is 21.9. The number of ether oxygens (including phenoxy) is 2. The maximum atomic E-state index is 13.1. The zero-order valence-electron chi connectivity index (χ0n) is 26.1. The average molecular weight is 653 g/mol. The molecule has 3 aromatic carbocycles. The molecule has 46 heavy (non-hydrogen) atoms. The van der Waals surface area contributed by atoms with E-state index in [0.29, 0.717) is 22.6 Å². The minimum absolute atomic E-state index is 0.0144. The van der Waals surface area contributed by atoms with Gasteiger partial charge in [-0.15, -0.1) is 18.3 Å². The monoisotopic (exact) mass is 652 g/mol. The van der Waals surface area contributed by atoms with Gasteiger partial charge in [-0.25, -0.2) is 14.5 Å². The SMILES string of the molecule is COc1ccc(C(C)C)c(N2CCSC2=NC(=O)NC(C)C(C)c2ccc(-c3ncn(-c4ccc(OC(F)(F)F)cc4)n3)cc2)c1. The van der Waals surface area contributed by atoms with Crippen LogP contribution in [0.3, 0.4) is 0 Å². The molecule has 2 unspecified atom stereocenters. The maximum Gasteiger partial charge on any atom is 0.573 e. The van der Waals surface area contributed by atoms with Crippen molar-refractivity contribution < 1.29 is 27.4 Å². The van der Waals surface area contributed by atoms with E-state index in [-0.39, 0.29) is 17.7 Å². The average Bonchev–Trinajstić information content (AvgIpc) is 3.70. The highest BCUT2D eigenvalue weighted by molar-refractivity contribution is 8.14. The molecule has 0 bridgehead atoms. The largest absolute Gasteiger partial charge is 0.573 e. The lowest BCUT2D eigenvalue weighted by atomic mass is 9.93. The van der Waals surface area contributed by atoms with Crippen LogP contribution in [0.5, 0.6) is 11.5 Å². The highest BCUT2D eigenvalue weighted by Crippen LogP contribution is 2.35. The molecule has 9 nitrogen and oxygen atoms in total. The van der Waals surface area contributed by atoms with Gasteiger partial charge in [0.2, 0.25) is 0 Å². The zero-order valence-corrected chi connectivity index (χ0v) is 26.9. The van der Waals surface area contributed by atoms with Crippen molar-refractivity contribution in [2.24, 2.45) is 4.99 Å². The topological polar surface area (TPSA) is 93.9 Å². The number of thioether (sulfide) groups is 1. The summed E-state index contributed by atoms with van der Waals surface area (Å²) in [5.41, 5.74) is 4.48. The van der Waals surface area contributed by atoms with Gasteiger partial charge in [-0.2, -0.15) is 4.99 Å². The fraction of sp³-hybridized carbons (Fsp3) is 0.333. The van der Waals surface area contributed by atoms with E-state index in [1.807, 2.05) is 50.2 Å². The molecule has 2 atom stereocenters. The van der Waals surface area contributed by atoms with Crippen LogP contribution in [-0.2, 0) is 0 Å². The summed E-state index contributed by atoms with van der Waals surface area (Å²) in [6.07, 6.45) is -3.26. The lowest BCUT2D eigenvalue weighted by Crippen LogP contribution is -2.36. The van der Waals surface area contributed by atoms with Gasteiger partial charge in [0, 0.05) is 41.6 Å². The molecule has 2 heterocycles. The molecule has 1 aliphatic heterocycles. The highest BCUT2D eigenvalue weighted by Gasteiger charge is 2.31. The molecule has 0 saturated carbocycles. The Kier molecular flexibility index (Phi) is 9.90. The van der Waals surface area contributed by atoms with E-state index >= 15 is 0 Å². The number of benzene rings is 3. The quantitative estimate of drug-likeness (QED) is 0.197. The molecule has 4 aromatic rings. The van der Waals surface area contributed by atoms with Crippen molar-refractivity contribution in [2.45, 2.75) is 51.9 Å². The van der Waals surface area contributed by atoms with E-state index in [9.17, 15) is 18.0 Å².